The van der Waals surface area contributed by atoms with Gasteiger partial charge in [0.2, 0.25) is 5.91 Å². The highest BCUT2D eigenvalue weighted by Crippen LogP contribution is 2.41. The average Bonchev–Trinajstić information content (AvgIpc) is 3.12. The molecule has 4 rings (SSSR count). The Morgan fingerprint density at radius 3 is 2.61 bits per heavy atom. The first-order chi connectivity index (χ1) is 14.7. The van der Waals surface area contributed by atoms with E-state index in [0.717, 1.165) is 44.6 Å². The van der Waals surface area contributed by atoms with Crippen LogP contribution in [0.15, 0.2) is 36.4 Å². The number of nitrogens with one attached hydrogen (secondary N) is 1. The highest BCUT2D eigenvalue weighted by Gasteiger charge is 2.37. The van der Waals surface area contributed by atoms with E-state index in [1.807, 2.05) is 50.2 Å². The third-order valence-corrected chi connectivity index (χ3v) is 6.27. The van der Waals surface area contributed by atoms with E-state index in [1.165, 1.54) is 0 Å². The molecular formula is C24H25F3N2O2. The van der Waals surface area contributed by atoms with E-state index >= 15 is 0 Å². The fourth-order valence-corrected chi connectivity index (χ4v) is 4.56. The molecule has 2 heterocycles. The Hall–Kier alpha value is -2.96. The van der Waals surface area contributed by atoms with Crippen molar-refractivity contribution in [1.29, 1.82) is 0 Å². The summed E-state index contributed by atoms with van der Waals surface area (Å²) >= 11 is 0. The molecule has 0 spiro atoms. The van der Waals surface area contributed by atoms with E-state index in [-0.39, 0.29) is 0 Å². The molecule has 7 heteroatoms. The zero-order valence-electron chi connectivity index (χ0n) is 17.8. The Morgan fingerprint density at radius 2 is 1.90 bits per heavy atom. The van der Waals surface area contributed by atoms with Crippen LogP contribution in [0.4, 0.5) is 13.2 Å². The van der Waals surface area contributed by atoms with Crippen molar-refractivity contribution in [2.75, 3.05) is 13.7 Å². The summed E-state index contributed by atoms with van der Waals surface area (Å²) in [4.78, 5) is 18.0. The van der Waals surface area contributed by atoms with Gasteiger partial charge in [-0.3, -0.25) is 4.79 Å². The molecule has 0 fully saturated rings. The highest BCUT2D eigenvalue weighted by molar-refractivity contribution is 5.86. The summed E-state index contributed by atoms with van der Waals surface area (Å²) in [5, 5.41) is 1.09. The minimum atomic E-state index is -4.36. The van der Waals surface area contributed by atoms with Crippen LogP contribution in [0.1, 0.15) is 46.8 Å². The van der Waals surface area contributed by atoms with Crippen LogP contribution < -0.4 is 4.74 Å². The number of ether oxygens (including phenoxy) is 1. The van der Waals surface area contributed by atoms with Gasteiger partial charge >= 0.3 is 6.18 Å². The molecule has 0 unspecified atom stereocenters. The number of para-hydroxylation sites is 1. The zero-order chi connectivity index (χ0) is 22.3. The van der Waals surface area contributed by atoms with Gasteiger partial charge in [-0.2, -0.15) is 13.2 Å². The van der Waals surface area contributed by atoms with Crippen LogP contribution in [0.25, 0.3) is 10.9 Å². The van der Waals surface area contributed by atoms with Crippen molar-refractivity contribution in [1.82, 2.24) is 9.88 Å². The number of fused-ring (bicyclic) bond motifs is 3. The van der Waals surface area contributed by atoms with E-state index in [1.54, 1.807) is 12.0 Å². The maximum absolute atomic E-state index is 13.0. The Labute approximate surface area is 179 Å². The van der Waals surface area contributed by atoms with Crippen molar-refractivity contribution in [2.45, 2.75) is 45.3 Å². The van der Waals surface area contributed by atoms with Crippen molar-refractivity contribution < 1.29 is 22.7 Å². The lowest BCUT2D eigenvalue weighted by atomic mass is 9.88. The SMILES string of the molecule is COc1ccc([C@H]2c3[nH]c4ccccc4c3CCN2C(=O)CCC(F)(F)F)c(C)c1C. The molecule has 1 atom stereocenters. The summed E-state index contributed by atoms with van der Waals surface area (Å²) in [5.74, 6) is 0.253. The molecule has 0 bridgehead atoms. The molecule has 0 saturated carbocycles. The first-order valence-corrected chi connectivity index (χ1v) is 10.3. The number of benzene rings is 2. The minimum absolute atomic E-state index is 0.376. The molecule has 4 nitrogen and oxygen atoms in total. The first-order valence-electron chi connectivity index (χ1n) is 10.3. The standard InChI is InChI=1S/C24H25F3N2O2/c1-14-15(2)20(31-3)9-8-16(14)23-22-18(17-6-4-5-7-19(17)28-22)11-13-29(23)21(30)10-12-24(25,26)27/h4-9,23,28H,10-13H2,1-3H3/t23-/m0/s1. The number of H-pyrrole nitrogens is 1. The molecule has 1 N–H and O–H groups in total. The van der Waals surface area contributed by atoms with E-state index in [2.05, 4.69) is 4.98 Å². The third kappa shape index (κ3) is 3.89. The normalized spacial score (nSPS) is 16.5. The number of carbonyl (C=O) groups excluding carboxylic acids is 1. The smallest absolute Gasteiger partial charge is 0.389 e. The Bertz CT molecular complexity index is 1130. The van der Waals surface area contributed by atoms with E-state index < -0.39 is 31.0 Å². The van der Waals surface area contributed by atoms with Gasteiger partial charge in [0, 0.05) is 29.6 Å². The van der Waals surface area contributed by atoms with Crippen LogP contribution in [0.3, 0.4) is 0 Å². The first kappa shape index (κ1) is 21.3. The summed E-state index contributed by atoms with van der Waals surface area (Å²) in [5.41, 5.74) is 5.76. The van der Waals surface area contributed by atoms with Gasteiger partial charge < -0.3 is 14.6 Å². The molecule has 2 aromatic carbocycles. The molecule has 0 saturated heterocycles. The monoisotopic (exact) mass is 430 g/mol. The van der Waals surface area contributed by atoms with E-state index in [4.69, 9.17) is 4.74 Å². The summed E-state index contributed by atoms with van der Waals surface area (Å²) in [6, 6.07) is 11.2. The molecule has 1 aliphatic heterocycles. The number of aromatic nitrogens is 1. The summed E-state index contributed by atoms with van der Waals surface area (Å²) in [6.45, 7) is 4.28. The topological polar surface area (TPSA) is 45.3 Å². The Balaban J connectivity index is 1.83. The zero-order valence-corrected chi connectivity index (χ0v) is 17.8. The molecule has 31 heavy (non-hydrogen) atoms. The molecule has 1 amide bonds. The fraction of sp³-hybridized carbons (Fsp3) is 0.375. The molecule has 0 aliphatic carbocycles. The van der Waals surface area contributed by atoms with Gasteiger partial charge in [-0.05, 0) is 54.7 Å². The highest BCUT2D eigenvalue weighted by atomic mass is 19.4. The number of aromatic amines is 1. The van der Waals surface area contributed by atoms with Crippen LogP contribution in [0, 0.1) is 13.8 Å². The van der Waals surface area contributed by atoms with Gasteiger partial charge in [0.25, 0.3) is 0 Å². The predicted octanol–water partition coefficient (Wildman–Crippen LogP) is 5.61. The second-order valence-corrected chi connectivity index (χ2v) is 8.02. The van der Waals surface area contributed by atoms with Crippen molar-refractivity contribution in [3.63, 3.8) is 0 Å². The number of amides is 1. The van der Waals surface area contributed by atoms with Gasteiger partial charge in [0.05, 0.1) is 19.6 Å². The lowest BCUT2D eigenvalue weighted by Crippen LogP contribution is -2.41. The lowest BCUT2D eigenvalue weighted by Gasteiger charge is -2.37. The number of rotatable bonds is 4. The largest absolute Gasteiger partial charge is 0.496 e. The molecule has 1 aromatic heterocycles. The average molecular weight is 430 g/mol. The van der Waals surface area contributed by atoms with Crippen molar-refractivity contribution in [3.05, 3.63) is 64.3 Å². The number of hydrogen-bond acceptors (Lipinski definition) is 2. The number of halogens is 3. The second kappa shape index (κ2) is 7.94. The number of methoxy groups -OCH3 is 1. The maximum Gasteiger partial charge on any atom is 0.389 e. The van der Waals surface area contributed by atoms with Crippen molar-refractivity contribution in [2.24, 2.45) is 0 Å². The molecule has 164 valence electrons. The third-order valence-electron chi connectivity index (χ3n) is 6.27. The predicted molar refractivity (Wildman–Crippen MR) is 113 cm³/mol. The van der Waals surface area contributed by atoms with Crippen LogP contribution in [-0.4, -0.2) is 35.6 Å². The van der Waals surface area contributed by atoms with Crippen LogP contribution in [0.2, 0.25) is 0 Å². The minimum Gasteiger partial charge on any atom is -0.496 e. The fourth-order valence-electron chi connectivity index (χ4n) is 4.56. The molecule has 1 aliphatic rings. The van der Waals surface area contributed by atoms with Crippen LogP contribution in [0.5, 0.6) is 5.75 Å². The van der Waals surface area contributed by atoms with Gasteiger partial charge in [-0.15, -0.1) is 0 Å². The Morgan fingerprint density at radius 1 is 1.16 bits per heavy atom. The number of hydrogen-bond donors (Lipinski definition) is 1. The van der Waals surface area contributed by atoms with Crippen LogP contribution in [-0.2, 0) is 11.2 Å². The lowest BCUT2D eigenvalue weighted by molar-refractivity contribution is -0.150. The maximum atomic E-state index is 13.0. The van der Waals surface area contributed by atoms with Gasteiger partial charge in [0.15, 0.2) is 0 Å². The van der Waals surface area contributed by atoms with E-state index in [9.17, 15) is 18.0 Å². The number of carbonyl (C=O) groups is 1. The second-order valence-electron chi connectivity index (χ2n) is 8.02. The van der Waals surface area contributed by atoms with Gasteiger partial charge in [0.1, 0.15) is 5.75 Å². The summed E-state index contributed by atoms with van der Waals surface area (Å²) in [7, 11) is 1.60. The summed E-state index contributed by atoms with van der Waals surface area (Å²) in [6.07, 6.45) is -5.43. The quantitative estimate of drug-likeness (QED) is 0.585. The number of nitrogens with zero attached hydrogens (tertiary/aromatic N) is 1. The molecule has 0 radical (unpaired) electrons. The Kier molecular flexibility index (Phi) is 5.45. The van der Waals surface area contributed by atoms with E-state index in [0.29, 0.717) is 13.0 Å². The van der Waals surface area contributed by atoms with Crippen molar-refractivity contribution in [3.8, 4) is 5.75 Å². The van der Waals surface area contributed by atoms with Gasteiger partial charge in [-0.25, -0.2) is 0 Å². The van der Waals surface area contributed by atoms with Crippen molar-refractivity contribution >= 4 is 16.8 Å². The molecule has 3 aromatic rings. The molecular weight excluding hydrogens is 405 g/mol. The number of alkyl halides is 3. The van der Waals surface area contributed by atoms with Crippen LogP contribution >= 0.6 is 0 Å². The van der Waals surface area contributed by atoms with Gasteiger partial charge in [-0.1, -0.05) is 24.3 Å². The summed E-state index contributed by atoms with van der Waals surface area (Å²) < 4.78 is 43.8.